The third-order valence-corrected chi connectivity index (χ3v) is 11.0. The summed E-state index contributed by atoms with van der Waals surface area (Å²) in [5.74, 6) is -1.63. The van der Waals surface area contributed by atoms with E-state index in [0.717, 1.165) is 18.7 Å². The lowest BCUT2D eigenvalue weighted by atomic mass is 9.44. The van der Waals surface area contributed by atoms with Crippen LogP contribution >= 0.6 is 0 Å². The van der Waals surface area contributed by atoms with E-state index >= 15 is 8.78 Å². The largest absolute Gasteiger partial charge is 0.486 e. The van der Waals surface area contributed by atoms with Crippen molar-refractivity contribution in [3.8, 4) is 5.75 Å². The minimum Gasteiger partial charge on any atom is -0.486 e. The molecular weight excluding hydrogens is 544 g/mol. The summed E-state index contributed by atoms with van der Waals surface area (Å²) >= 11 is 0. The molecule has 2 N–H and O–H groups in total. The molecular formula is C33H41F2NO6. The van der Waals surface area contributed by atoms with Crippen LogP contribution in [0.5, 0.6) is 5.75 Å². The fourth-order valence-corrected chi connectivity index (χ4v) is 9.02. The zero-order valence-corrected chi connectivity index (χ0v) is 24.7. The molecule has 7 nitrogen and oxygen atoms in total. The monoisotopic (exact) mass is 585 g/mol. The number of ether oxygens (including phenoxy) is 3. The van der Waals surface area contributed by atoms with Crippen LogP contribution in [0.2, 0.25) is 0 Å². The van der Waals surface area contributed by atoms with Gasteiger partial charge in [-0.15, -0.1) is 0 Å². The lowest BCUT2D eigenvalue weighted by Crippen LogP contribution is -2.71. The van der Waals surface area contributed by atoms with Crippen molar-refractivity contribution in [2.75, 3.05) is 18.5 Å². The van der Waals surface area contributed by atoms with Gasteiger partial charge in [-0.05, 0) is 87.4 Å². The number of carbonyl (C=O) groups is 2. The van der Waals surface area contributed by atoms with Crippen LogP contribution in [0.1, 0.15) is 59.8 Å². The molecule has 1 aromatic rings. The molecule has 4 aliphatic carbocycles. The van der Waals surface area contributed by atoms with Gasteiger partial charge in [0.05, 0.1) is 12.2 Å². The van der Waals surface area contributed by atoms with Gasteiger partial charge < -0.3 is 24.6 Å². The fourth-order valence-electron chi connectivity index (χ4n) is 9.02. The van der Waals surface area contributed by atoms with E-state index in [1.807, 2.05) is 32.9 Å². The van der Waals surface area contributed by atoms with Crippen LogP contribution in [-0.4, -0.2) is 65.8 Å². The molecule has 0 radical (unpaired) electrons. The van der Waals surface area contributed by atoms with E-state index in [1.165, 1.54) is 18.2 Å². The molecule has 5 aliphatic rings. The predicted octanol–water partition coefficient (Wildman–Crippen LogP) is 5.28. The molecule has 1 saturated heterocycles. The van der Waals surface area contributed by atoms with Gasteiger partial charge in [-0.25, -0.2) is 8.78 Å². The average molecular weight is 586 g/mol. The van der Waals surface area contributed by atoms with Gasteiger partial charge in [0.25, 0.3) is 0 Å². The Kier molecular flexibility index (Phi) is 7.18. The second-order valence-corrected chi connectivity index (χ2v) is 13.1. The van der Waals surface area contributed by atoms with E-state index in [4.69, 9.17) is 14.2 Å². The van der Waals surface area contributed by atoms with Crippen LogP contribution in [-0.2, 0) is 19.1 Å². The van der Waals surface area contributed by atoms with Crippen molar-refractivity contribution in [3.63, 3.8) is 0 Å². The Balaban J connectivity index is 1.35. The number of hydrogen-bond donors (Lipinski definition) is 2. The Bertz CT molecular complexity index is 1320. The molecule has 1 aliphatic heterocycles. The Morgan fingerprint density at radius 2 is 1.90 bits per heavy atom. The third kappa shape index (κ3) is 3.92. The first kappa shape index (κ1) is 29.5. The third-order valence-electron chi connectivity index (χ3n) is 11.0. The number of carbonyl (C=O) groups excluding carboxylic acids is 2. The molecule has 3 saturated carbocycles. The van der Waals surface area contributed by atoms with Crippen molar-refractivity contribution in [1.29, 1.82) is 0 Å². The number of fused-ring (bicyclic) bond motifs is 7. The molecule has 10 atom stereocenters. The number of alkyl halides is 2. The number of hydrogen-bond acceptors (Lipinski definition) is 7. The van der Waals surface area contributed by atoms with Crippen LogP contribution in [0.4, 0.5) is 14.5 Å². The SMILES string of the molecule is CCCC1OC2CC3C4C[C@H](F)C5=CC(=O)C=CC5(C)[C@@]4(F)C(O)CC3(C)C2(C(=O)COc2ccc(NCC)cc2)O1. The Morgan fingerprint density at radius 1 is 1.17 bits per heavy atom. The van der Waals surface area contributed by atoms with Crippen LogP contribution < -0.4 is 10.1 Å². The minimum absolute atomic E-state index is 0.0736. The molecule has 1 heterocycles. The number of anilines is 1. The Morgan fingerprint density at radius 3 is 2.60 bits per heavy atom. The summed E-state index contributed by atoms with van der Waals surface area (Å²) in [5.41, 5.74) is -5.24. The second-order valence-electron chi connectivity index (χ2n) is 13.1. The molecule has 0 aromatic heterocycles. The number of aliphatic hydroxyl groups is 1. The second kappa shape index (κ2) is 10.2. The summed E-state index contributed by atoms with van der Waals surface area (Å²) in [6.07, 6.45) is 0.869. The number of allylic oxidation sites excluding steroid dienone is 4. The van der Waals surface area contributed by atoms with Crippen molar-refractivity contribution < 1.29 is 37.7 Å². The summed E-state index contributed by atoms with van der Waals surface area (Å²) < 4.78 is 52.3. The van der Waals surface area contributed by atoms with Gasteiger partial charge >= 0.3 is 0 Å². The number of aliphatic hydroxyl groups excluding tert-OH is 1. The van der Waals surface area contributed by atoms with Gasteiger partial charge in [-0.3, -0.25) is 9.59 Å². The molecule has 6 rings (SSSR count). The molecule has 0 spiro atoms. The molecule has 8 unspecified atom stereocenters. The van der Waals surface area contributed by atoms with Gasteiger partial charge in [0.2, 0.25) is 5.78 Å². The summed E-state index contributed by atoms with van der Waals surface area (Å²) in [6.45, 7) is 7.93. The molecule has 9 heteroatoms. The van der Waals surface area contributed by atoms with E-state index in [-0.39, 0.29) is 36.6 Å². The maximum absolute atomic E-state index is 17.6. The zero-order valence-electron chi connectivity index (χ0n) is 24.7. The first-order valence-electron chi connectivity index (χ1n) is 15.2. The van der Waals surface area contributed by atoms with E-state index < -0.39 is 58.6 Å². The number of ketones is 2. The number of rotatable bonds is 8. The highest BCUT2D eigenvalue weighted by Gasteiger charge is 2.80. The van der Waals surface area contributed by atoms with Crippen molar-refractivity contribution in [2.24, 2.45) is 22.7 Å². The van der Waals surface area contributed by atoms with Crippen LogP contribution in [0, 0.1) is 22.7 Å². The normalized spacial score (nSPS) is 43.6. The van der Waals surface area contributed by atoms with Crippen molar-refractivity contribution in [2.45, 2.75) is 95.7 Å². The Hall–Kier alpha value is -2.62. The molecule has 0 bridgehead atoms. The smallest absolute Gasteiger partial charge is 0.205 e. The Labute approximate surface area is 245 Å². The number of halogens is 2. The van der Waals surface area contributed by atoms with Crippen molar-refractivity contribution >= 4 is 17.3 Å². The zero-order chi connectivity index (χ0) is 30.1. The highest BCUT2D eigenvalue weighted by molar-refractivity contribution is 6.01. The average Bonchev–Trinajstić information content (AvgIpc) is 3.43. The summed E-state index contributed by atoms with van der Waals surface area (Å²) in [7, 11) is 0. The van der Waals surface area contributed by atoms with E-state index in [9.17, 15) is 14.7 Å². The summed E-state index contributed by atoms with van der Waals surface area (Å²) in [5, 5.41) is 14.9. The molecule has 1 aromatic carbocycles. The number of Topliss-reactive ketones (excluding diaryl/α,β-unsaturated/α-hetero) is 1. The highest BCUT2D eigenvalue weighted by Crippen LogP contribution is 2.72. The molecule has 4 fully saturated rings. The first-order valence-corrected chi connectivity index (χ1v) is 15.2. The van der Waals surface area contributed by atoms with Gasteiger partial charge in [0.1, 0.15) is 18.5 Å². The van der Waals surface area contributed by atoms with Crippen molar-refractivity contribution in [3.05, 3.63) is 48.1 Å². The predicted molar refractivity (Wildman–Crippen MR) is 153 cm³/mol. The van der Waals surface area contributed by atoms with Crippen LogP contribution in [0.3, 0.4) is 0 Å². The van der Waals surface area contributed by atoms with Crippen LogP contribution in [0.15, 0.2) is 48.1 Å². The topological polar surface area (TPSA) is 94.1 Å². The first-order chi connectivity index (χ1) is 19.9. The van der Waals surface area contributed by atoms with E-state index in [2.05, 4.69) is 5.32 Å². The van der Waals surface area contributed by atoms with Crippen LogP contribution in [0.25, 0.3) is 0 Å². The van der Waals surface area contributed by atoms with E-state index in [1.54, 1.807) is 19.1 Å². The quantitative estimate of drug-likeness (QED) is 0.429. The van der Waals surface area contributed by atoms with Gasteiger partial charge in [-0.1, -0.05) is 26.3 Å². The van der Waals surface area contributed by atoms with Crippen molar-refractivity contribution in [1.82, 2.24) is 0 Å². The minimum atomic E-state index is -2.24. The maximum atomic E-state index is 17.6. The molecule has 228 valence electrons. The molecule has 0 amide bonds. The van der Waals surface area contributed by atoms with Gasteiger partial charge in [0.15, 0.2) is 23.3 Å². The molecule has 42 heavy (non-hydrogen) atoms. The fraction of sp³-hybridized carbons (Fsp3) is 0.636. The maximum Gasteiger partial charge on any atom is 0.205 e. The standard InChI is InChI=1S/C33H41F2NO6/c1-5-7-29-41-28-16-22-23-15-25(34)24-14-20(37)12-13-30(24,3)32(23,35)26(38)17-31(22,4)33(28,42-29)27(39)18-40-21-10-8-19(9-11-21)36-6-2/h8-14,22-23,25-26,28-29,36,38H,5-7,15-18H2,1-4H3/t22?,23?,25-,26?,28?,29?,30?,31?,32-,33?/m0/s1. The van der Waals surface area contributed by atoms with Gasteiger partial charge in [-0.2, -0.15) is 0 Å². The highest BCUT2D eigenvalue weighted by atomic mass is 19.1. The summed E-state index contributed by atoms with van der Waals surface area (Å²) in [4.78, 5) is 26.4. The van der Waals surface area contributed by atoms with Gasteiger partial charge in [0, 0.05) is 29.0 Å². The number of benzene rings is 1. The lowest BCUT2D eigenvalue weighted by Gasteiger charge is -2.63. The van der Waals surface area contributed by atoms with E-state index in [0.29, 0.717) is 18.6 Å². The lowest BCUT2D eigenvalue weighted by molar-refractivity contribution is -0.234. The number of nitrogens with one attached hydrogen (secondary N) is 1. The summed E-state index contributed by atoms with van der Waals surface area (Å²) in [6, 6.07) is 7.31.